The summed E-state index contributed by atoms with van der Waals surface area (Å²) in [7, 11) is -4.00. The van der Waals surface area contributed by atoms with Gasteiger partial charge < -0.3 is 14.8 Å². The number of anilines is 1. The van der Waals surface area contributed by atoms with Crippen LogP contribution < -0.4 is 10.5 Å². The molecule has 0 spiro atoms. The fourth-order valence-electron chi connectivity index (χ4n) is 2.27. The zero-order valence-corrected chi connectivity index (χ0v) is 13.6. The molecule has 1 aromatic carbocycles. The molecule has 1 aliphatic heterocycles. The Morgan fingerprint density at radius 2 is 2.17 bits per heavy atom. The molecule has 1 heterocycles. The highest BCUT2D eigenvalue weighted by Gasteiger charge is 2.29. The SMILES string of the molecule is CC1(C)COCC(CNc2ccc(S(N)(=O)=O)cc2[N+](=O)[O-])O1. The second kappa shape index (κ2) is 6.40. The van der Waals surface area contributed by atoms with Crippen molar-refractivity contribution in [3.05, 3.63) is 28.3 Å². The Kier molecular flexibility index (Phi) is 4.90. The van der Waals surface area contributed by atoms with Crippen LogP contribution in [0, 0.1) is 10.1 Å². The Labute approximate surface area is 134 Å². The van der Waals surface area contributed by atoms with Gasteiger partial charge in [0, 0.05) is 12.6 Å². The predicted octanol–water partition coefficient (Wildman–Crippen LogP) is 0.848. The van der Waals surface area contributed by atoms with Crippen LogP contribution >= 0.6 is 0 Å². The number of nitrogens with two attached hydrogens (primary N) is 1. The molecule has 0 bridgehead atoms. The molecule has 1 saturated heterocycles. The summed E-state index contributed by atoms with van der Waals surface area (Å²) in [5.41, 5.74) is -0.601. The first-order valence-electron chi connectivity index (χ1n) is 6.89. The summed E-state index contributed by atoms with van der Waals surface area (Å²) in [5.74, 6) is 0. The first-order chi connectivity index (χ1) is 10.6. The highest BCUT2D eigenvalue weighted by atomic mass is 32.2. The zero-order valence-electron chi connectivity index (χ0n) is 12.8. The molecule has 9 nitrogen and oxygen atoms in total. The van der Waals surface area contributed by atoms with Gasteiger partial charge in [-0.1, -0.05) is 0 Å². The van der Waals surface area contributed by atoms with E-state index < -0.39 is 20.5 Å². The maximum Gasteiger partial charge on any atom is 0.293 e. The molecule has 1 aliphatic rings. The van der Waals surface area contributed by atoms with Crippen LogP contribution in [0.3, 0.4) is 0 Å². The standard InChI is InChI=1S/C13H19N3O6S/c1-13(2)8-21-7-9(22-13)6-15-11-4-3-10(23(14,19)20)5-12(11)16(17)18/h3-5,9,15H,6-8H2,1-2H3,(H2,14,19,20). The number of hydrogen-bond acceptors (Lipinski definition) is 7. The van der Waals surface area contributed by atoms with Crippen molar-refractivity contribution in [1.82, 2.24) is 0 Å². The number of rotatable bonds is 5. The van der Waals surface area contributed by atoms with Crippen LogP contribution in [0.15, 0.2) is 23.1 Å². The minimum Gasteiger partial charge on any atom is -0.377 e. The summed E-state index contributed by atoms with van der Waals surface area (Å²) in [6, 6.07) is 3.46. The molecule has 1 fully saturated rings. The van der Waals surface area contributed by atoms with Crippen molar-refractivity contribution in [2.24, 2.45) is 5.14 Å². The van der Waals surface area contributed by atoms with Crippen LogP contribution in [0.1, 0.15) is 13.8 Å². The van der Waals surface area contributed by atoms with E-state index in [-0.39, 0.29) is 22.4 Å². The van der Waals surface area contributed by atoms with Crippen LogP contribution in [0.5, 0.6) is 0 Å². The lowest BCUT2D eigenvalue weighted by atomic mass is 10.1. The Bertz CT molecular complexity index is 704. The smallest absolute Gasteiger partial charge is 0.293 e. The van der Waals surface area contributed by atoms with Gasteiger partial charge in [0.25, 0.3) is 5.69 Å². The number of sulfonamides is 1. The average Bonchev–Trinajstić information content (AvgIpc) is 2.42. The Hall–Kier alpha value is -1.75. The first kappa shape index (κ1) is 17.6. The van der Waals surface area contributed by atoms with E-state index in [0.29, 0.717) is 19.8 Å². The third-order valence-electron chi connectivity index (χ3n) is 3.25. The number of nitrogens with zero attached hydrogens (tertiary/aromatic N) is 1. The number of benzene rings is 1. The summed E-state index contributed by atoms with van der Waals surface area (Å²) in [4.78, 5) is 10.1. The van der Waals surface area contributed by atoms with Crippen molar-refractivity contribution in [3.8, 4) is 0 Å². The van der Waals surface area contributed by atoms with Crippen molar-refractivity contribution in [2.45, 2.75) is 30.4 Å². The van der Waals surface area contributed by atoms with E-state index in [9.17, 15) is 18.5 Å². The highest BCUT2D eigenvalue weighted by molar-refractivity contribution is 7.89. The topological polar surface area (TPSA) is 134 Å². The molecule has 1 aromatic rings. The summed E-state index contributed by atoms with van der Waals surface area (Å²) in [6.07, 6.45) is -0.267. The monoisotopic (exact) mass is 345 g/mol. The number of nitro groups is 1. The zero-order chi connectivity index (χ0) is 17.3. The van der Waals surface area contributed by atoms with Crippen LogP contribution in [-0.4, -0.2) is 44.8 Å². The molecule has 0 saturated carbocycles. The lowest BCUT2D eigenvalue weighted by Gasteiger charge is -2.36. The number of hydrogen-bond donors (Lipinski definition) is 2. The van der Waals surface area contributed by atoms with E-state index in [1.54, 1.807) is 0 Å². The first-order valence-corrected chi connectivity index (χ1v) is 8.44. The van der Waals surface area contributed by atoms with E-state index in [1.165, 1.54) is 12.1 Å². The predicted molar refractivity (Wildman–Crippen MR) is 82.7 cm³/mol. The van der Waals surface area contributed by atoms with Gasteiger partial charge in [-0.3, -0.25) is 10.1 Å². The van der Waals surface area contributed by atoms with E-state index in [4.69, 9.17) is 14.6 Å². The molecular weight excluding hydrogens is 326 g/mol. The average molecular weight is 345 g/mol. The lowest BCUT2D eigenvalue weighted by molar-refractivity contribution is -0.384. The van der Waals surface area contributed by atoms with Crippen molar-refractivity contribution in [3.63, 3.8) is 0 Å². The molecule has 23 heavy (non-hydrogen) atoms. The third-order valence-corrected chi connectivity index (χ3v) is 4.16. The van der Waals surface area contributed by atoms with E-state index in [2.05, 4.69) is 5.32 Å². The Balaban J connectivity index is 2.15. The van der Waals surface area contributed by atoms with Gasteiger partial charge in [0.1, 0.15) is 5.69 Å². The maximum absolute atomic E-state index is 11.3. The molecule has 0 amide bonds. The summed E-state index contributed by atoms with van der Waals surface area (Å²) < 4.78 is 33.8. The fourth-order valence-corrected chi connectivity index (χ4v) is 2.80. The minimum atomic E-state index is -4.00. The summed E-state index contributed by atoms with van der Waals surface area (Å²) in [5, 5.41) is 19.0. The van der Waals surface area contributed by atoms with E-state index in [0.717, 1.165) is 6.07 Å². The van der Waals surface area contributed by atoms with Crippen molar-refractivity contribution < 1.29 is 22.8 Å². The van der Waals surface area contributed by atoms with Crippen LogP contribution in [0.25, 0.3) is 0 Å². The number of nitrogens with one attached hydrogen (secondary N) is 1. The largest absolute Gasteiger partial charge is 0.377 e. The molecule has 2 rings (SSSR count). The molecule has 128 valence electrons. The number of ether oxygens (including phenoxy) is 2. The fraction of sp³-hybridized carbons (Fsp3) is 0.538. The third kappa shape index (κ3) is 4.61. The Morgan fingerprint density at radius 1 is 1.48 bits per heavy atom. The highest BCUT2D eigenvalue weighted by Crippen LogP contribution is 2.27. The van der Waals surface area contributed by atoms with Gasteiger partial charge >= 0.3 is 0 Å². The molecule has 1 unspecified atom stereocenters. The summed E-state index contributed by atoms with van der Waals surface area (Å²) >= 11 is 0. The van der Waals surface area contributed by atoms with Gasteiger partial charge in [-0.2, -0.15) is 0 Å². The second-order valence-corrected chi connectivity index (χ2v) is 7.44. The van der Waals surface area contributed by atoms with Crippen molar-refractivity contribution >= 4 is 21.4 Å². The van der Waals surface area contributed by atoms with Gasteiger partial charge in [-0.05, 0) is 26.0 Å². The quantitative estimate of drug-likeness (QED) is 0.596. The lowest BCUT2D eigenvalue weighted by Crippen LogP contribution is -2.45. The van der Waals surface area contributed by atoms with Crippen LogP contribution in [-0.2, 0) is 19.5 Å². The van der Waals surface area contributed by atoms with Gasteiger partial charge in [-0.25, -0.2) is 13.6 Å². The Morgan fingerprint density at radius 3 is 2.74 bits per heavy atom. The molecular formula is C13H19N3O6S. The van der Waals surface area contributed by atoms with Crippen molar-refractivity contribution in [1.29, 1.82) is 0 Å². The maximum atomic E-state index is 11.3. The van der Waals surface area contributed by atoms with Gasteiger partial charge in [-0.15, -0.1) is 0 Å². The van der Waals surface area contributed by atoms with Crippen LogP contribution in [0.4, 0.5) is 11.4 Å². The second-order valence-electron chi connectivity index (χ2n) is 5.88. The van der Waals surface area contributed by atoms with E-state index in [1.807, 2.05) is 13.8 Å². The van der Waals surface area contributed by atoms with Gasteiger partial charge in [0.05, 0.1) is 34.7 Å². The van der Waals surface area contributed by atoms with Crippen LogP contribution in [0.2, 0.25) is 0 Å². The van der Waals surface area contributed by atoms with Crippen molar-refractivity contribution in [2.75, 3.05) is 25.1 Å². The van der Waals surface area contributed by atoms with Gasteiger partial charge in [0.15, 0.2) is 0 Å². The molecule has 1 atom stereocenters. The summed E-state index contributed by atoms with van der Waals surface area (Å²) in [6.45, 7) is 4.93. The molecule has 0 aromatic heterocycles. The normalized spacial score (nSPS) is 20.9. The molecule has 10 heteroatoms. The van der Waals surface area contributed by atoms with Gasteiger partial charge in [0.2, 0.25) is 10.0 Å². The minimum absolute atomic E-state index is 0.189. The van der Waals surface area contributed by atoms with E-state index >= 15 is 0 Å². The molecule has 0 aliphatic carbocycles. The number of nitro benzene ring substituents is 1. The number of primary sulfonamides is 1. The molecule has 3 N–H and O–H groups in total. The molecule has 0 radical (unpaired) electrons.